The number of methoxy groups -OCH3 is 1. The number of carbonyl (C=O) groups is 1. The van der Waals surface area contributed by atoms with E-state index in [1.807, 2.05) is 6.92 Å². The molecule has 1 aromatic heterocycles. The van der Waals surface area contributed by atoms with Gasteiger partial charge in [-0.3, -0.25) is 4.79 Å². The molecule has 2 aliphatic rings. The number of pyridine rings is 1. The van der Waals surface area contributed by atoms with Crippen LogP contribution >= 0.6 is 0 Å². The molecule has 0 spiro atoms. The summed E-state index contributed by atoms with van der Waals surface area (Å²) in [5.41, 5.74) is -0.414. The monoisotopic (exact) mass is 571 g/mol. The summed E-state index contributed by atoms with van der Waals surface area (Å²) in [6.45, 7) is 3.60. The summed E-state index contributed by atoms with van der Waals surface area (Å²) in [4.78, 5) is 19.7. The number of sulfonamides is 1. The second-order valence-electron chi connectivity index (χ2n) is 10.6. The first-order chi connectivity index (χ1) is 19.0. The van der Waals surface area contributed by atoms with E-state index in [0.717, 1.165) is 12.8 Å². The number of likely N-dealkylation sites (N-methyl/N-ethyl adjacent to an activating group) is 1. The summed E-state index contributed by atoms with van der Waals surface area (Å²) in [7, 11) is -0.854. The van der Waals surface area contributed by atoms with Gasteiger partial charge in [0.25, 0.3) is 5.91 Å². The summed E-state index contributed by atoms with van der Waals surface area (Å²) in [6, 6.07) is 7.23. The van der Waals surface area contributed by atoms with Crippen molar-refractivity contribution in [3.05, 3.63) is 47.7 Å². The number of aromatic nitrogens is 1. The Morgan fingerprint density at radius 2 is 1.95 bits per heavy atom. The lowest BCUT2D eigenvalue weighted by Gasteiger charge is -2.37. The first-order valence-electron chi connectivity index (χ1n) is 13.4. The number of ether oxygens (including phenoxy) is 2. The van der Waals surface area contributed by atoms with E-state index in [1.54, 1.807) is 30.0 Å². The molecule has 0 saturated heterocycles. The van der Waals surface area contributed by atoms with Crippen LogP contribution in [0.3, 0.4) is 0 Å². The molecule has 0 unspecified atom stereocenters. The highest BCUT2D eigenvalue weighted by Crippen LogP contribution is 2.30. The molecule has 10 nitrogen and oxygen atoms in total. The third-order valence-electron chi connectivity index (χ3n) is 7.60. The number of aliphatic hydroxyl groups excluding tert-OH is 1. The highest BCUT2D eigenvalue weighted by Gasteiger charge is 2.36. The largest absolute Gasteiger partial charge is 0.497 e. The maximum Gasteiger partial charge on any atom is 0.259 e. The van der Waals surface area contributed by atoms with Crippen molar-refractivity contribution in [3.8, 4) is 23.5 Å². The summed E-state index contributed by atoms with van der Waals surface area (Å²) >= 11 is 0. The fraction of sp³-hybridized carbons (Fsp3) is 0.517. The number of nitrogens with zero attached hydrogens (tertiary/aromatic N) is 3. The zero-order valence-electron chi connectivity index (χ0n) is 23.3. The molecule has 1 saturated carbocycles. The molecular weight excluding hydrogens is 534 g/mol. The van der Waals surface area contributed by atoms with Gasteiger partial charge in [-0.15, -0.1) is 0 Å². The van der Waals surface area contributed by atoms with Crippen molar-refractivity contribution in [1.82, 2.24) is 14.2 Å². The molecule has 2 N–H and O–H groups in total. The van der Waals surface area contributed by atoms with Crippen LogP contribution in [0.1, 0.15) is 55.5 Å². The lowest BCUT2D eigenvalue weighted by molar-refractivity contribution is 0.0373. The Kier molecular flexibility index (Phi) is 9.05. The van der Waals surface area contributed by atoms with Crippen LogP contribution in [0.25, 0.3) is 0 Å². The molecule has 11 heteroatoms. The second-order valence-corrected chi connectivity index (χ2v) is 12.7. The first-order valence-corrected chi connectivity index (χ1v) is 14.9. The highest BCUT2D eigenvalue weighted by atomic mass is 32.2. The minimum Gasteiger partial charge on any atom is -0.497 e. The van der Waals surface area contributed by atoms with Crippen molar-refractivity contribution in [2.24, 2.45) is 5.92 Å². The summed E-state index contributed by atoms with van der Waals surface area (Å²) < 4.78 is 39.2. The molecule has 2 heterocycles. The van der Waals surface area contributed by atoms with Crippen molar-refractivity contribution in [2.45, 2.75) is 62.2 Å². The minimum atomic E-state index is -3.84. The van der Waals surface area contributed by atoms with Crippen LogP contribution in [-0.4, -0.2) is 90.3 Å². The van der Waals surface area contributed by atoms with E-state index >= 15 is 0 Å². The van der Waals surface area contributed by atoms with Gasteiger partial charge < -0.3 is 24.6 Å². The van der Waals surface area contributed by atoms with E-state index in [2.05, 4.69) is 16.8 Å². The number of rotatable bonds is 7. The van der Waals surface area contributed by atoms with E-state index in [4.69, 9.17) is 9.47 Å². The molecule has 0 radical (unpaired) electrons. The lowest BCUT2D eigenvalue weighted by Crippen LogP contribution is -2.50. The Morgan fingerprint density at radius 3 is 2.58 bits per heavy atom. The number of hydrogen-bond acceptors (Lipinski definition) is 8. The van der Waals surface area contributed by atoms with Gasteiger partial charge in [0.1, 0.15) is 23.0 Å². The van der Waals surface area contributed by atoms with Crippen LogP contribution < -0.4 is 9.47 Å². The van der Waals surface area contributed by atoms with E-state index < -0.39 is 27.8 Å². The molecular formula is C29H37N3O7S. The minimum absolute atomic E-state index is 0.000769. The van der Waals surface area contributed by atoms with Gasteiger partial charge in [0.15, 0.2) is 0 Å². The van der Waals surface area contributed by atoms with Crippen molar-refractivity contribution in [3.63, 3.8) is 0 Å². The van der Waals surface area contributed by atoms with Crippen molar-refractivity contribution in [1.29, 1.82) is 0 Å². The second kappa shape index (κ2) is 12.1. The number of carbonyl (C=O) groups excluding carboxylic acids is 1. The summed E-state index contributed by atoms with van der Waals surface area (Å²) in [5, 5.41) is 20.5. The number of aliphatic hydroxyl groups is 2. The molecule has 2 aromatic rings. The van der Waals surface area contributed by atoms with Crippen LogP contribution in [0, 0.1) is 17.8 Å². The predicted octanol–water partition coefficient (Wildman–Crippen LogP) is 2.29. The molecule has 1 aromatic carbocycles. The molecule has 1 amide bonds. The third kappa shape index (κ3) is 6.41. The lowest BCUT2D eigenvalue weighted by atomic mass is 10.00. The molecule has 1 aliphatic carbocycles. The Balaban J connectivity index is 1.65. The topological polar surface area (TPSA) is 130 Å². The zero-order valence-corrected chi connectivity index (χ0v) is 24.1. The van der Waals surface area contributed by atoms with Gasteiger partial charge in [-0.05, 0) is 62.9 Å². The molecule has 4 rings (SSSR count). The van der Waals surface area contributed by atoms with Gasteiger partial charge in [-0.1, -0.05) is 18.8 Å². The molecule has 3 atom stereocenters. The van der Waals surface area contributed by atoms with E-state index in [0.29, 0.717) is 24.2 Å². The smallest absolute Gasteiger partial charge is 0.259 e. The number of fused-ring (bicyclic) bond motifs is 1. The van der Waals surface area contributed by atoms with E-state index in [1.165, 1.54) is 36.8 Å². The maximum atomic E-state index is 13.6. The van der Waals surface area contributed by atoms with Crippen LogP contribution in [0.15, 0.2) is 41.4 Å². The standard InChI is InChI=1S/C29H37N3O7S/c1-20-17-32(21(2)19-33)28(34)25-15-22(11-14-29(35)12-5-6-13-29)16-30-27(25)39-26(20)18-31(3)40(36,37)24-9-7-23(38-4)8-10-24/h7-10,15-16,20-21,26,33,35H,5-6,12-13,17-19H2,1-4H3/t20-,21-,26+/m0/s1. The van der Waals surface area contributed by atoms with E-state index in [9.17, 15) is 23.4 Å². The maximum absolute atomic E-state index is 13.6. The van der Waals surface area contributed by atoms with Crippen LogP contribution in [0.4, 0.5) is 0 Å². The fourth-order valence-electron chi connectivity index (χ4n) is 4.94. The molecule has 0 bridgehead atoms. The number of amides is 1. The van der Waals surface area contributed by atoms with Crippen LogP contribution in [0.2, 0.25) is 0 Å². The predicted molar refractivity (Wildman–Crippen MR) is 149 cm³/mol. The SMILES string of the molecule is COc1ccc(S(=O)(=O)N(C)C[C@H]2Oc3ncc(C#CC4(O)CCCC4)cc3C(=O)N([C@@H](C)CO)C[C@@H]2C)cc1. The van der Waals surface area contributed by atoms with Crippen molar-refractivity contribution >= 4 is 15.9 Å². The Bertz CT molecular complexity index is 1380. The average Bonchev–Trinajstić information content (AvgIpc) is 3.39. The van der Waals surface area contributed by atoms with Gasteiger partial charge in [-0.25, -0.2) is 13.4 Å². The van der Waals surface area contributed by atoms with Gasteiger partial charge >= 0.3 is 0 Å². The van der Waals surface area contributed by atoms with E-state index in [-0.39, 0.29) is 47.9 Å². The van der Waals surface area contributed by atoms with Crippen LogP contribution in [-0.2, 0) is 10.0 Å². The van der Waals surface area contributed by atoms with Crippen molar-refractivity contribution < 1.29 is 32.9 Å². The third-order valence-corrected chi connectivity index (χ3v) is 9.43. The van der Waals surface area contributed by atoms with Crippen LogP contribution in [0.5, 0.6) is 11.6 Å². The first kappa shape index (κ1) is 29.8. The van der Waals surface area contributed by atoms with Crippen molar-refractivity contribution in [2.75, 3.05) is 33.9 Å². The Labute approximate surface area is 236 Å². The Morgan fingerprint density at radius 1 is 1.27 bits per heavy atom. The van der Waals surface area contributed by atoms with Gasteiger partial charge in [0.2, 0.25) is 15.9 Å². The molecule has 1 aliphatic heterocycles. The number of benzene rings is 1. The highest BCUT2D eigenvalue weighted by molar-refractivity contribution is 7.89. The molecule has 40 heavy (non-hydrogen) atoms. The average molecular weight is 572 g/mol. The van der Waals surface area contributed by atoms with Gasteiger partial charge in [-0.2, -0.15) is 4.31 Å². The number of hydrogen-bond donors (Lipinski definition) is 2. The zero-order chi connectivity index (χ0) is 29.1. The normalized spacial score (nSPS) is 21.5. The Hall–Kier alpha value is -3.17. The fourth-order valence-corrected chi connectivity index (χ4v) is 6.12. The van der Waals surface area contributed by atoms with Gasteiger partial charge in [0, 0.05) is 31.3 Å². The molecule has 1 fully saturated rings. The molecule has 216 valence electrons. The summed E-state index contributed by atoms with van der Waals surface area (Å²) in [5.74, 6) is 5.84. The van der Waals surface area contributed by atoms with Gasteiger partial charge in [0.05, 0.1) is 31.2 Å². The quantitative estimate of drug-likeness (QED) is 0.485. The summed E-state index contributed by atoms with van der Waals surface area (Å²) in [6.07, 6.45) is 3.87.